The van der Waals surface area contributed by atoms with Crippen LogP contribution in [0.15, 0.2) is 73.2 Å². The fraction of sp³-hybridized carbons (Fsp3) is 0.475. The molecule has 3 aliphatic rings. The highest BCUT2D eigenvalue weighted by atomic mass is 35.5. The van der Waals surface area contributed by atoms with Crippen molar-refractivity contribution in [3.8, 4) is 11.3 Å². The Labute approximate surface area is 327 Å². The van der Waals surface area contributed by atoms with Gasteiger partial charge in [0.25, 0.3) is 5.91 Å². The molecule has 0 aliphatic carbocycles. The lowest BCUT2D eigenvalue weighted by molar-refractivity contribution is -0.125. The van der Waals surface area contributed by atoms with Crippen molar-refractivity contribution in [3.05, 3.63) is 90.3 Å². The summed E-state index contributed by atoms with van der Waals surface area (Å²) in [5, 5.41) is 10.7. The van der Waals surface area contributed by atoms with E-state index in [1.165, 1.54) is 43.3 Å². The SMILES string of the molecule is Cl.Nc1ncc(-c2cnn(C3CCN(CC4CCN(CCOC5CCNCC5)CC4)CC3)c2)nc1C(=O)O[C@@H](C(=O)Nc1ccc(F)cc1)c1ccccc1. The molecule has 55 heavy (non-hydrogen) atoms. The van der Waals surface area contributed by atoms with E-state index in [2.05, 4.69) is 35.5 Å². The number of anilines is 2. The van der Waals surface area contributed by atoms with E-state index in [0.29, 0.717) is 28.6 Å². The molecule has 0 unspecified atom stereocenters. The molecule has 13 nitrogen and oxygen atoms in total. The molecule has 0 saturated carbocycles. The van der Waals surface area contributed by atoms with E-state index in [1.54, 1.807) is 36.5 Å². The number of likely N-dealkylation sites (tertiary alicyclic amines) is 2. The molecule has 0 radical (unpaired) electrons. The molecule has 3 fully saturated rings. The Morgan fingerprint density at radius 1 is 0.927 bits per heavy atom. The maximum atomic E-state index is 13.5. The number of nitrogens with two attached hydrogens (primary N) is 1. The number of hydrogen-bond acceptors (Lipinski definition) is 11. The van der Waals surface area contributed by atoms with Gasteiger partial charge in [-0.15, -0.1) is 12.4 Å². The summed E-state index contributed by atoms with van der Waals surface area (Å²) < 4.78 is 27.3. The second-order valence-electron chi connectivity index (χ2n) is 14.5. The Kier molecular flexibility index (Phi) is 14.2. The molecule has 1 atom stereocenters. The summed E-state index contributed by atoms with van der Waals surface area (Å²) in [5.41, 5.74) is 7.80. The molecule has 3 saturated heterocycles. The number of nitrogens with zero attached hydrogens (tertiary/aromatic N) is 6. The Balaban J connectivity index is 0.00000514. The molecule has 0 spiro atoms. The number of piperidine rings is 3. The minimum atomic E-state index is -1.33. The molecule has 2 aromatic carbocycles. The second-order valence-corrected chi connectivity index (χ2v) is 14.5. The number of hydrogen-bond donors (Lipinski definition) is 3. The Morgan fingerprint density at radius 3 is 2.36 bits per heavy atom. The number of benzene rings is 2. The molecule has 2 aromatic heterocycles. The smallest absolute Gasteiger partial charge is 0.361 e. The number of nitrogens with one attached hydrogen (secondary N) is 2. The number of halogens is 2. The predicted octanol–water partition coefficient (Wildman–Crippen LogP) is 5.14. The van der Waals surface area contributed by atoms with Gasteiger partial charge in [0, 0.05) is 49.2 Å². The molecule has 5 heterocycles. The normalized spacial score (nSPS) is 18.3. The zero-order valence-corrected chi connectivity index (χ0v) is 31.8. The van der Waals surface area contributed by atoms with Gasteiger partial charge in [0.15, 0.2) is 11.5 Å². The van der Waals surface area contributed by atoms with Crippen molar-refractivity contribution < 1.29 is 23.5 Å². The first kappa shape index (κ1) is 40.2. The van der Waals surface area contributed by atoms with Crippen LogP contribution in [0, 0.1) is 11.7 Å². The molecular weight excluding hydrogens is 725 g/mol. The number of ether oxygens (including phenoxy) is 2. The van der Waals surface area contributed by atoms with Gasteiger partial charge in [-0.1, -0.05) is 30.3 Å². The van der Waals surface area contributed by atoms with Gasteiger partial charge in [-0.3, -0.25) is 9.48 Å². The van der Waals surface area contributed by atoms with Crippen LogP contribution in [0.1, 0.15) is 66.7 Å². The lowest BCUT2D eigenvalue weighted by Crippen LogP contribution is -2.42. The third-order valence-corrected chi connectivity index (χ3v) is 10.8. The summed E-state index contributed by atoms with van der Waals surface area (Å²) in [4.78, 5) is 40.7. The van der Waals surface area contributed by atoms with E-state index in [4.69, 9.17) is 15.2 Å². The van der Waals surface area contributed by atoms with Crippen molar-refractivity contribution in [2.45, 2.75) is 56.8 Å². The minimum Gasteiger partial charge on any atom is -0.442 e. The summed E-state index contributed by atoms with van der Waals surface area (Å²) in [5.74, 6) is -1.35. The van der Waals surface area contributed by atoms with Gasteiger partial charge in [0.2, 0.25) is 6.10 Å². The first-order valence-electron chi connectivity index (χ1n) is 19.1. The fourth-order valence-corrected chi connectivity index (χ4v) is 7.60. The average molecular weight is 776 g/mol. The molecule has 4 aromatic rings. The fourth-order valence-electron chi connectivity index (χ4n) is 7.60. The third-order valence-electron chi connectivity index (χ3n) is 10.8. The number of rotatable bonds is 13. The van der Waals surface area contributed by atoms with Crippen molar-refractivity contribution in [1.82, 2.24) is 34.9 Å². The van der Waals surface area contributed by atoms with Crippen LogP contribution in [-0.2, 0) is 14.3 Å². The highest BCUT2D eigenvalue weighted by molar-refractivity contribution is 5.99. The molecule has 3 aliphatic heterocycles. The molecule has 1 amide bonds. The monoisotopic (exact) mass is 775 g/mol. The van der Waals surface area contributed by atoms with E-state index >= 15 is 0 Å². The predicted molar refractivity (Wildman–Crippen MR) is 210 cm³/mol. The van der Waals surface area contributed by atoms with Gasteiger partial charge in [-0.05, 0) is 94.9 Å². The van der Waals surface area contributed by atoms with Crippen molar-refractivity contribution in [3.63, 3.8) is 0 Å². The van der Waals surface area contributed by atoms with E-state index in [1.807, 2.05) is 10.9 Å². The zero-order valence-electron chi connectivity index (χ0n) is 31.0. The van der Waals surface area contributed by atoms with Crippen LogP contribution in [-0.4, -0.2) is 106 Å². The summed E-state index contributed by atoms with van der Waals surface area (Å²) >= 11 is 0. The molecular formula is C40H51ClFN9O4. The molecule has 0 bridgehead atoms. The quantitative estimate of drug-likeness (QED) is 0.155. The van der Waals surface area contributed by atoms with E-state index < -0.39 is 23.8 Å². The molecule has 294 valence electrons. The van der Waals surface area contributed by atoms with Gasteiger partial charge < -0.3 is 35.6 Å². The van der Waals surface area contributed by atoms with Crippen LogP contribution in [0.25, 0.3) is 11.3 Å². The Hall–Kier alpha value is -4.47. The summed E-state index contributed by atoms with van der Waals surface area (Å²) in [6.07, 6.45) is 11.0. The topological polar surface area (TPSA) is 153 Å². The Bertz CT molecular complexity index is 1830. The number of nitrogen functional groups attached to an aromatic ring is 1. The van der Waals surface area contributed by atoms with Gasteiger partial charge in [0.05, 0.1) is 36.8 Å². The van der Waals surface area contributed by atoms with Gasteiger partial charge in [0.1, 0.15) is 5.82 Å². The number of carbonyl (C=O) groups is 2. The van der Waals surface area contributed by atoms with E-state index in [-0.39, 0.29) is 30.0 Å². The highest BCUT2D eigenvalue weighted by Gasteiger charge is 2.29. The lowest BCUT2D eigenvalue weighted by atomic mass is 9.94. The van der Waals surface area contributed by atoms with Gasteiger partial charge in [-0.25, -0.2) is 19.2 Å². The number of carbonyl (C=O) groups excluding carboxylic acids is 2. The maximum Gasteiger partial charge on any atom is 0.361 e. The number of esters is 1. The van der Waals surface area contributed by atoms with E-state index in [0.717, 1.165) is 90.6 Å². The standard InChI is InChI=1S/C40H50FN9O4.ClH/c41-31-6-8-32(9-7-31)46-39(51)37(29-4-2-1-3-5-29)54-40(52)36-38(42)44-25-35(47-36)30-24-45-50(27-30)33-14-20-49(21-15-33)26-28-12-18-48(19-13-28)22-23-53-34-10-16-43-17-11-34;/h1-9,24-25,27-28,33-34,37,43H,10-23,26H2,(H2,42,44)(H,46,51);1H/t37-;/m1./s1. The van der Waals surface area contributed by atoms with Crippen molar-refractivity contribution in [2.24, 2.45) is 5.92 Å². The van der Waals surface area contributed by atoms with Crippen LogP contribution in [0.3, 0.4) is 0 Å². The first-order valence-corrected chi connectivity index (χ1v) is 19.1. The third kappa shape index (κ3) is 10.9. The number of aromatic nitrogens is 4. The van der Waals surface area contributed by atoms with Crippen molar-refractivity contribution in [1.29, 1.82) is 0 Å². The van der Waals surface area contributed by atoms with Gasteiger partial charge in [-0.2, -0.15) is 5.10 Å². The van der Waals surface area contributed by atoms with Crippen LogP contribution >= 0.6 is 12.4 Å². The van der Waals surface area contributed by atoms with Crippen molar-refractivity contribution >= 4 is 35.8 Å². The lowest BCUT2D eigenvalue weighted by Gasteiger charge is -2.37. The largest absolute Gasteiger partial charge is 0.442 e. The minimum absolute atomic E-state index is 0. The molecule has 7 rings (SSSR count). The summed E-state index contributed by atoms with van der Waals surface area (Å²) in [7, 11) is 0. The van der Waals surface area contributed by atoms with Crippen LogP contribution in [0.4, 0.5) is 15.9 Å². The second kappa shape index (κ2) is 19.4. The van der Waals surface area contributed by atoms with Crippen LogP contribution in [0.2, 0.25) is 0 Å². The summed E-state index contributed by atoms with van der Waals surface area (Å²) in [6.45, 7) is 9.52. The highest BCUT2D eigenvalue weighted by Crippen LogP contribution is 2.28. The number of amides is 1. The first-order chi connectivity index (χ1) is 26.4. The maximum absolute atomic E-state index is 13.5. The summed E-state index contributed by atoms with van der Waals surface area (Å²) in [6, 6.07) is 14.2. The van der Waals surface area contributed by atoms with Crippen LogP contribution in [0.5, 0.6) is 0 Å². The Morgan fingerprint density at radius 2 is 1.64 bits per heavy atom. The average Bonchev–Trinajstić information content (AvgIpc) is 3.70. The molecule has 15 heteroatoms. The van der Waals surface area contributed by atoms with Crippen LogP contribution < -0.4 is 16.4 Å². The van der Waals surface area contributed by atoms with Crippen molar-refractivity contribution in [2.75, 3.05) is 70.0 Å². The van der Waals surface area contributed by atoms with Gasteiger partial charge >= 0.3 is 5.97 Å². The zero-order chi connectivity index (χ0) is 37.3. The van der Waals surface area contributed by atoms with E-state index in [9.17, 15) is 14.0 Å². The molecule has 4 N–H and O–H groups in total.